The zero-order valence-electron chi connectivity index (χ0n) is 24.1. The summed E-state index contributed by atoms with van der Waals surface area (Å²) in [5.74, 6) is -3.72. The molecular formula is C37H30N2O5. The topological polar surface area (TPSA) is 95.0 Å². The fourth-order valence-electron chi connectivity index (χ4n) is 8.57. The minimum absolute atomic E-state index is 0.130. The molecule has 8 rings (SSSR count). The summed E-state index contributed by atoms with van der Waals surface area (Å²) >= 11 is 0. The van der Waals surface area contributed by atoms with E-state index in [2.05, 4.69) is 6.08 Å². The van der Waals surface area contributed by atoms with Gasteiger partial charge in [-0.05, 0) is 67.0 Å². The number of anilines is 2. The van der Waals surface area contributed by atoms with E-state index in [0.29, 0.717) is 29.6 Å². The number of carbonyl (C=O) groups excluding carboxylic acids is 4. The van der Waals surface area contributed by atoms with Gasteiger partial charge in [0.1, 0.15) is 5.75 Å². The van der Waals surface area contributed by atoms with Crippen LogP contribution in [0.1, 0.15) is 31.2 Å². The van der Waals surface area contributed by atoms with Crippen molar-refractivity contribution in [1.29, 1.82) is 0 Å². The van der Waals surface area contributed by atoms with Crippen LogP contribution in [0, 0.1) is 29.1 Å². The number of nitrogens with zero attached hydrogens (tertiary/aromatic N) is 2. The van der Waals surface area contributed by atoms with Crippen LogP contribution >= 0.6 is 0 Å². The lowest BCUT2D eigenvalue weighted by Crippen LogP contribution is -2.49. The predicted octanol–water partition coefficient (Wildman–Crippen LogP) is 5.98. The predicted molar refractivity (Wildman–Crippen MR) is 166 cm³/mol. The number of hydrogen-bond acceptors (Lipinski definition) is 5. The van der Waals surface area contributed by atoms with E-state index in [0.717, 1.165) is 16.5 Å². The number of rotatable bonds is 3. The summed E-state index contributed by atoms with van der Waals surface area (Å²) in [5.41, 5.74) is 1.67. The van der Waals surface area contributed by atoms with Crippen molar-refractivity contribution in [3.8, 4) is 5.75 Å². The lowest BCUT2D eigenvalue weighted by Gasteiger charge is -2.49. The van der Waals surface area contributed by atoms with Crippen molar-refractivity contribution in [2.45, 2.75) is 25.7 Å². The maximum atomic E-state index is 14.6. The van der Waals surface area contributed by atoms with Crippen molar-refractivity contribution >= 4 is 45.8 Å². The number of aromatic hydroxyl groups is 1. The molecule has 1 N–H and O–H groups in total. The Kier molecular flexibility index (Phi) is 5.73. The molecule has 0 spiro atoms. The molecule has 4 aromatic carbocycles. The van der Waals surface area contributed by atoms with Gasteiger partial charge in [0.15, 0.2) is 0 Å². The molecule has 0 radical (unpaired) electrons. The van der Waals surface area contributed by atoms with Gasteiger partial charge in [-0.3, -0.25) is 24.1 Å². The van der Waals surface area contributed by atoms with Crippen LogP contribution in [0.5, 0.6) is 5.75 Å². The average Bonchev–Trinajstić information content (AvgIpc) is 3.42. The van der Waals surface area contributed by atoms with Gasteiger partial charge in [-0.1, -0.05) is 78.4 Å². The van der Waals surface area contributed by atoms with E-state index < -0.39 is 35.0 Å². The summed E-state index contributed by atoms with van der Waals surface area (Å²) in [4.78, 5) is 59.5. The molecular weight excluding hydrogens is 552 g/mol. The van der Waals surface area contributed by atoms with Crippen molar-refractivity contribution < 1.29 is 24.3 Å². The van der Waals surface area contributed by atoms with E-state index in [9.17, 15) is 24.3 Å². The molecule has 7 heteroatoms. The summed E-state index contributed by atoms with van der Waals surface area (Å²) < 4.78 is 0. The van der Waals surface area contributed by atoms with Crippen molar-refractivity contribution in [3.63, 3.8) is 0 Å². The molecule has 4 amide bonds. The van der Waals surface area contributed by atoms with Crippen LogP contribution in [0.2, 0.25) is 0 Å². The van der Waals surface area contributed by atoms with Crippen LogP contribution in [0.4, 0.5) is 11.4 Å². The van der Waals surface area contributed by atoms with Crippen LogP contribution in [-0.2, 0) is 19.2 Å². The molecule has 3 fully saturated rings. The number of allylic oxidation sites excluding steroid dienone is 2. The number of carbonyl (C=O) groups is 4. The molecule has 4 aliphatic rings. The first-order valence-corrected chi connectivity index (χ1v) is 15.1. The number of para-hydroxylation sites is 2. The van der Waals surface area contributed by atoms with Gasteiger partial charge in [0.25, 0.3) is 0 Å². The molecule has 218 valence electrons. The van der Waals surface area contributed by atoms with E-state index in [4.69, 9.17) is 0 Å². The fraction of sp³-hybridized carbons (Fsp3) is 0.243. The highest BCUT2D eigenvalue weighted by Gasteiger charge is 2.67. The number of phenols is 1. The van der Waals surface area contributed by atoms with E-state index in [1.165, 1.54) is 9.80 Å². The van der Waals surface area contributed by atoms with Crippen molar-refractivity contribution in [1.82, 2.24) is 0 Å². The Labute approximate surface area is 254 Å². The smallest absolute Gasteiger partial charge is 0.241 e. The molecule has 4 aromatic rings. The van der Waals surface area contributed by atoms with Gasteiger partial charge in [-0.15, -0.1) is 0 Å². The number of benzene rings is 4. The van der Waals surface area contributed by atoms with Crippen molar-refractivity contribution in [3.05, 3.63) is 114 Å². The second kappa shape index (κ2) is 9.48. The van der Waals surface area contributed by atoms with Crippen LogP contribution < -0.4 is 9.80 Å². The lowest BCUT2D eigenvalue weighted by molar-refractivity contribution is -0.131. The number of imide groups is 2. The second-order valence-electron chi connectivity index (χ2n) is 12.6. The summed E-state index contributed by atoms with van der Waals surface area (Å²) in [6, 6.07) is 29.0. The van der Waals surface area contributed by atoms with E-state index in [1.807, 2.05) is 49.4 Å². The van der Waals surface area contributed by atoms with Crippen LogP contribution in [-0.4, -0.2) is 28.7 Å². The highest BCUT2D eigenvalue weighted by atomic mass is 16.3. The number of amides is 4. The molecule has 6 atom stereocenters. The van der Waals surface area contributed by atoms with Crippen molar-refractivity contribution in [2.75, 3.05) is 9.80 Å². The SMILES string of the molecule is CC12C(=O)N(c3ccccc3)C(=O)C1CC1C(=CCC3C(=O)N(c4ccccc4)C(=O)C31)C2c1ccc(O)c2ccccc12. The third-order valence-corrected chi connectivity index (χ3v) is 10.5. The third-order valence-electron chi connectivity index (χ3n) is 10.5. The fourth-order valence-corrected chi connectivity index (χ4v) is 8.57. The van der Waals surface area contributed by atoms with Crippen LogP contribution in [0.15, 0.2) is 109 Å². The molecule has 2 aliphatic carbocycles. The monoisotopic (exact) mass is 582 g/mol. The largest absolute Gasteiger partial charge is 0.507 e. The maximum absolute atomic E-state index is 14.6. The van der Waals surface area contributed by atoms with Gasteiger partial charge in [-0.25, -0.2) is 4.90 Å². The Morgan fingerprint density at radius 1 is 0.682 bits per heavy atom. The van der Waals surface area contributed by atoms with Crippen LogP contribution in [0.3, 0.4) is 0 Å². The molecule has 2 saturated heterocycles. The molecule has 6 unspecified atom stereocenters. The number of phenolic OH excluding ortho intramolecular Hbond substituents is 1. The minimum Gasteiger partial charge on any atom is -0.507 e. The Morgan fingerprint density at radius 2 is 1.30 bits per heavy atom. The zero-order chi connectivity index (χ0) is 30.3. The molecule has 1 saturated carbocycles. The van der Waals surface area contributed by atoms with Gasteiger partial charge in [0.2, 0.25) is 23.6 Å². The van der Waals surface area contributed by atoms with Gasteiger partial charge in [0.05, 0.1) is 34.5 Å². The molecule has 2 heterocycles. The Bertz CT molecular complexity index is 1920. The molecule has 44 heavy (non-hydrogen) atoms. The lowest BCUT2D eigenvalue weighted by atomic mass is 9.51. The first kappa shape index (κ1) is 26.6. The minimum atomic E-state index is -1.15. The molecule has 7 nitrogen and oxygen atoms in total. The first-order chi connectivity index (χ1) is 21.3. The summed E-state index contributed by atoms with van der Waals surface area (Å²) in [6.07, 6.45) is 2.73. The van der Waals surface area contributed by atoms with Gasteiger partial charge in [0, 0.05) is 11.3 Å². The van der Waals surface area contributed by atoms with E-state index in [1.54, 1.807) is 54.6 Å². The van der Waals surface area contributed by atoms with Gasteiger partial charge in [-0.2, -0.15) is 0 Å². The Morgan fingerprint density at radius 3 is 1.98 bits per heavy atom. The average molecular weight is 583 g/mol. The summed E-state index contributed by atoms with van der Waals surface area (Å²) in [7, 11) is 0. The highest BCUT2D eigenvalue weighted by molar-refractivity contribution is 6.25. The van der Waals surface area contributed by atoms with Crippen LogP contribution in [0.25, 0.3) is 10.8 Å². The Balaban J connectivity index is 1.33. The zero-order valence-corrected chi connectivity index (χ0v) is 24.1. The quantitative estimate of drug-likeness (QED) is 0.237. The molecule has 2 aliphatic heterocycles. The first-order valence-electron chi connectivity index (χ1n) is 15.1. The Hall–Kier alpha value is -5.04. The third kappa shape index (κ3) is 3.43. The standard InChI is InChI=1S/C37H30N2O5/c1-37-29(34(42)39(36(37)44)22-12-6-3-7-13-22)20-28-26(32(37)25-18-19-30(40)24-15-9-8-14-23(24)25)16-17-27-31(28)35(43)38(33(27)41)21-10-4-2-5-11-21/h2-16,18-19,27-29,31-32,40H,17,20H2,1H3. The van der Waals surface area contributed by atoms with Crippen molar-refractivity contribution in [2.24, 2.45) is 29.1 Å². The van der Waals surface area contributed by atoms with Gasteiger partial charge < -0.3 is 5.11 Å². The normalized spacial score (nSPS) is 29.5. The van der Waals surface area contributed by atoms with E-state index >= 15 is 0 Å². The van der Waals surface area contributed by atoms with E-state index in [-0.39, 0.29) is 29.4 Å². The molecule has 0 aromatic heterocycles. The summed E-state index contributed by atoms with van der Waals surface area (Å²) in [6.45, 7) is 1.88. The molecule has 0 bridgehead atoms. The number of fused-ring (bicyclic) bond motifs is 5. The number of hydrogen-bond donors (Lipinski definition) is 1. The summed E-state index contributed by atoms with van der Waals surface area (Å²) in [5, 5.41) is 12.2. The maximum Gasteiger partial charge on any atom is 0.241 e. The second-order valence-corrected chi connectivity index (χ2v) is 12.6. The highest BCUT2D eigenvalue weighted by Crippen LogP contribution is 2.64. The van der Waals surface area contributed by atoms with Gasteiger partial charge >= 0.3 is 0 Å².